The van der Waals surface area contributed by atoms with Crippen LogP contribution in [0.4, 0.5) is 0 Å². The summed E-state index contributed by atoms with van der Waals surface area (Å²) < 4.78 is 12.8. The first-order valence-electron chi connectivity index (χ1n) is 9.09. The van der Waals surface area contributed by atoms with Crippen molar-refractivity contribution < 1.29 is 14.3 Å². The Morgan fingerprint density at radius 2 is 1.92 bits per heavy atom. The molecule has 6 nitrogen and oxygen atoms in total. The summed E-state index contributed by atoms with van der Waals surface area (Å²) in [7, 11) is 3.59. The van der Waals surface area contributed by atoms with E-state index in [4.69, 9.17) is 9.47 Å². The van der Waals surface area contributed by atoms with E-state index in [9.17, 15) is 4.79 Å². The van der Waals surface area contributed by atoms with Gasteiger partial charge in [-0.2, -0.15) is 0 Å². The molecular formula is C20H29N3O3. The summed E-state index contributed by atoms with van der Waals surface area (Å²) >= 11 is 0. The average molecular weight is 359 g/mol. The molecule has 0 saturated carbocycles. The van der Waals surface area contributed by atoms with Crippen LogP contribution in [0.15, 0.2) is 36.7 Å². The number of rotatable bonds is 10. The normalized spacial score (nSPS) is 11.0. The summed E-state index contributed by atoms with van der Waals surface area (Å²) in [5.74, 6) is 1.60. The standard InChI is InChI=1S/C20H29N3O3/c1-5-17(6-2)23(13-14-25-4)20(24)16-7-9-18(10-8-16)26-15-19-21-11-12-22(19)3/h7-12,17H,5-6,13-15H2,1-4H3. The van der Waals surface area contributed by atoms with Gasteiger partial charge in [0.2, 0.25) is 0 Å². The molecule has 26 heavy (non-hydrogen) atoms. The molecule has 142 valence electrons. The van der Waals surface area contributed by atoms with Gasteiger partial charge < -0.3 is 18.9 Å². The number of amides is 1. The minimum atomic E-state index is 0.0337. The lowest BCUT2D eigenvalue weighted by Gasteiger charge is -2.30. The van der Waals surface area contributed by atoms with Gasteiger partial charge in [0, 0.05) is 44.7 Å². The summed E-state index contributed by atoms with van der Waals surface area (Å²) in [4.78, 5) is 19.1. The van der Waals surface area contributed by atoms with Crippen molar-refractivity contribution >= 4 is 5.91 Å². The lowest BCUT2D eigenvalue weighted by atomic mass is 10.1. The summed E-state index contributed by atoms with van der Waals surface area (Å²) in [6.07, 6.45) is 5.48. The van der Waals surface area contributed by atoms with Gasteiger partial charge in [0.15, 0.2) is 0 Å². The number of hydrogen-bond donors (Lipinski definition) is 0. The molecule has 1 heterocycles. The average Bonchev–Trinajstić information content (AvgIpc) is 3.08. The number of carbonyl (C=O) groups excluding carboxylic acids is 1. The summed E-state index contributed by atoms with van der Waals surface area (Å²) in [5.41, 5.74) is 0.664. The molecule has 0 aliphatic rings. The Morgan fingerprint density at radius 1 is 1.23 bits per heavy atom. The molecule has 0 spiro atoms. The van der Waals surface area contributed by atoms with Crippen molar-refractivity contribution in [2.75, 3.05) is 20.3 Å². The number of benzene rings is 1. The van der Waals surface area contributed by atoms with E-state index in [1.54, 1.807) is 13.3 Å². The van der Waals surface area contributed by atoms with Crippen LogP contribution in [0.1, 0.15) is 42.9 Å². The zero-order chi connectivity index (χ0) is 18.9. The second-order valence-corrected chi connectivity index (χ2v) is 6.23. The first-order chi connectivity index (χ1) is 12.6. The van der Waals surface area contributed by atoms with Gasteiger partial charge >= 0.3 is 0 Å². The van der Waals surface area contributed by atoms with Crippen molar-refractivity contribution in [1.82, 2.24) is 14.5 Å². The van der Waals surface area contributed by atoms with E-state index in [0.717, 1.165) is 24.4 Å². The maximum absolute atomic E-state index is 12.9. The third-order valence-electron chi connectivity index (χ3n) is 4.57. The van der Waals surface area contributed by atoms with Crippen molar-refractivity contribution in [3.05, 3.63) is 48.0 Å². The highest BCUT2D eigenvalue weighted by Gasteiger charge is 2.22. The zero-order valence-corrected chi connectivity index (χ0v) is 16.1. The molecule has 0 radical (unpaired) electrons. The van der Waals surface area contributed by atoms with Gasteiger partial charge in [0.25, 0.3) is 5.91 Å². The van der Waals surface area contributed by atoms with Crippen LogP contribution in [-0.4, -0.2) is 46.7 Å². The number of nitrogens with zero attached hydrogens (tertiary/aromatic N) is 3. The predicted molar refractivity (Wildman–Crippen MR) is 101 cm³/mol. The molecule has 0 fully saturated rings. The van der Waals surface area contributed by atoms with Gasteiger partial charge in [0.1, 0.15) is 18.2 Å². The number of carbonyl (C=O) groups is 1. The number of ether oxygens (including phenoxy) is 2. The fourth-order valence-electron chi connectivity index (χ4n) is 2.91. The molecule has 1 amide bonds. The van der Waals surface area contributed by atoms with Gasteiger partial charge in [-0.3, -0.25) is 4.79 Å². The van der Waals surface area contributed by atoms with Gasteiger partial charge in [-0.1, -0.05) is 13.8 Å². The van der Waals surface area contributed by atoms with Crippen molar-refractivity contribution in [1.29, 1.82) is 0 Å². The number of methoxy groups -OCH3 is 1. The van der Waals surface area contributed by atoms with Gasteiger partial charge in [0.05, 0.1) is 6.61 Å². The Hall–Kier alpha value is -2.34. The Kier molecular flexibility index (Phi) is 7.66. The smallest absolute Gasteiger partial charge is 0.254 e. The van der Waals surface area contributed by atoms with Gasteiger partial charge in [-0.25, -0.2) is 4.98 Å². The molecule has 0 aliphatic heterocycles. The van der Waals surface area contributed by atoms with Crippen molar-refractivity contribution in [3.63, 3.8) is 0 Å². The van der Waals surface area contributed by atoms with Crippen LogP contribution in [0.3, 0.4) is 0 Å². The van der Waals surface area contributed by atoms with E-state index >= 15 is 0 Å². The van der Waals surface area contributed by atoms with Crippen molar-refractivity contribution in [2.24, 2.45) is 7.05 Å². The van der Waals surface area contributed by atoms with Gasteiger partial charge in [-0.05, 0) is 37.1 Å². The summed E-state index contributed by atoms with van der Waals surface area (Å²) in [6, 6.07) is 7.52. The maximum atomic E-state index is 12.9. The number of aromatic nitrogens is 2. The Labute approximate surface area is 155 Å². The monoisotopic (exact) mass is 359 g/mol. The molecule has 1 aromatic heterocycles. The number of hydrogen-bond acceptors (Lipinski definition) is 4. The Morgan fingerprint density at radius 3 is 2.46 bits per heavy atom. The van der Waals surface area contributed by atoms with Crippen LogP contribution in [0.25, 0.3) is 0 Å². The van der Waals surface area contributed by atoms with Crippen molar-refractivity contribution in [2.45, 2.75) is 39.3 Å². The Balaban J connectivity index is 2.04. The van der Waals surface area contributed by atoms with E-state index in [1.165, 1.54) is 0 Å². The maximum Gasteiger partial charge on any atom is 0.254 e. The molecule has 0 N–H and O–H groups in total. The first kappa shape index (κ1) is 20.0. The largest absolute Gasteiger partial charge is 0.486 e. The lowest BCUT2D eigenvalue weighted by molar-refractivity contribution is 0.0589. The topological polar surface area (TPSA) is 56.6 Å². The first-order valence-corrected chi connectivity index (χ1v) is 9.09. The fraction of sp³-hybridized carbons (Fsp3) is 0.500. The van der Waals surface area contributed by atoms with Crippen LogP contribution in [-0.2, 0) is 18.4 Å². The lowest BCUT2D eigenvalue weighted by Crippen LogP contribution is -2.41. The van der Waals surface area contributed by atoms with Crippen LogP contribution in [0, 0.1) is 0 Å². The minimum Gasteiger partial charge on any atom is -0.486 e. The molecule has 0 atom stereocenters. The molecule has 0 aliphatic carbocycles. The molecule has 6 heteroatoms. The third kappa shape index (κ3) is 5.08. The van der Waals surface area contributed by atoms with Crippen LogP contribution < -0.4 is 4.74 Å². The molecular weight excluding hydrogens is 330 g/mol. The van der Waals surface area contributed by atoms with E-state index in [0.29, 0.717) is 25.3 Å². The third-order valence-corrected chi connectivity index (χ3v) is 4.57. The number of imidazole rings is 1. The highest BCUT2D eigenvalue weighted by Crippen LogP contribution is 2.18. The fourth-order valence-corrected chi connectivity index (χ4v) is 2.91. The highest BCUT2D eigenvalue weighted by atomic mass is 16.5. The van der Waals surface area contributed by atoms with Gasteiger partial charge in [-0.15, -0.1) is 0 Å². The molecule has 0 bridgehead atoms. The molecule has 0 unspecified atom stereocenters. The van der Waals surface area contributed by atoms with Crippen molar-refractivity contribution in [3.8, 4) is 5.75 Å². The SMILES string of the molecule is CCC(CC)N(CCOC)C(=O)c1ccc(OCc2nccn2C)cc1. The van der Waals surface area contributed by atoms with E-state index < -0.39 is 0 Å². The van der Waals surface area contributed by atoms with Crippen LogP contribution in [0.5, 0.6) is 5.75 Å². The van der Waals surface area contributed by atoms with E-state index in [1.807, 2.05) is 47.0 Å². The molecule has 0 saturated heterocycles. The minimum absolute atomic E-state index is 0.0337. The second kappa shape index (κ2) is 9.97. The van der Waals surface area contributed by atoms with Crippen LogP contribution >= 0.6 is 0 Å². The zero-order valence-electron chi connectivity index (χ0n) is 16.1. The molecule has 2 aromatic rings. The molecule has 1 aromatic carbocycles. The molecule has 2 rings (SSSR count). The predicted octanol–water partition coefficient (Wildman–Crippen LogP) is 3.28. The van der Waals surface area contributed by atoms with Crippen LogP contribution in [0.2, 0.25) is 0 Å². The summed E-state index contributed by atoms with van der Waals surface area (Å²) in [6.45, 7) is 5.74. The Bertz CT molecular complexity index is 678. The van der Waals surface area contributed by atoms with E-state index in [2.05, 4.69) is 18.8 Å². The summed E-state index contributed by atoms with van der Waals surface area (Å²) in [5, 5.41) is 0. The second-order valence-electron chi connectivity index (χ2n) is 6.23. The van der Waals surface area contributed by atoms with E-state index in [-0.39, 0.29) is 11.9 Å². The number of aryl methyl sites for hydroxylation is 1. The quantitative estimate of drug-likeness (QED) is 0.653. The highest BCUT2D eigenvalue weighted by molar-refractivity contribution is 5.94.